The summed E-state index contributed by atoms with van der Waals surface area (Å²) < 4.78 is 16.9. The van der Waals surface area contributed by atoms with Crippen LogP contribution in [-0.2, 0) is 5.41 Å². The minimum atomic E-state index is -0.501. The van der Waals surface area contributed by atoms with E-state index in [9.17, 15) is 4.39 Å². The number of nitriles is 1. The summed E-state index contributed by atoms with van der Waals surface area (Å²) in [4.78, 5) is 0. The average Bonchev–Trinajstić information content (AvgIpc) is 2.27. The SMILES string of the molecule is CC(C)(C#N)c1ccc(OCCF)cc1. The quantitative estimate of drug-likeness (QED) is 0.760. The maximum Gasteiger partial charge on any atom is 0.123 e. The Balaban J connectivity index is 2.77. The Kier molecular flexibility index (Phi) is 3.68. The van der Waals surface area contributed by atoms with Gasteiger partial charge in [0.25, 0.3) is 0 Å². The van der Waals surface area contributed by atoms with Crippen molar-refractivity contribution in [2.24, 2.45) is 0 Å². The average molecular weight is 207 g/mol. The summed E-state index contributed by atoms with van der Waals surface area (Å²) in [7, 11) is 0. The summed E-state index contributed by atoms with van der Waals surface area (Å²) in [6, 6.07) is 9.39. The molecule has 15 heavy (non-hydrogen) atoms. The molecule has 1 aromatic rings. The molecule has 0 aliphatic rings. The molecular formula is C12H14FNO. The van der Waals surface area contributed by atoms with Gasteiger partial charge >= 0.3 is 0 Å². The molecule has 2 nitrogen and oxygen atoms in total. The maximum absolute atomic E-state index is 11.8. The van der Waals surface area contributed by atoms with Gasteiger partial charge in [-0.2, -0.15) is 5.26 Å². The second kappa shape index (κ2) is 4.79. The van der Waals surface area contributed by atoms with Crippen molar-refractivity contribution in [3.63, 3.8) is 0 Å². The number of benzene rings is 1. The van der Waals surface area contributed by atoms with Crippen molar-refractivity contribution in [3.8, 4) is 11.8 Å². The molecule has 3 heteroatoms. The fraction of sp³-hybridized carbons (Fsp3) is 0.417. The first kappa shape index (κ1) is 11.5. The van der Waals surface area contributed by atoms with Gasteiger partial charge in [-0.1, -0.05) is 12.1 Å². The van der Waals surface area contributed by atoms with Gasteiger partial charge in [-0.3, -0.25) is 0 Å². The topological polar surface area (TPSA) is 33.0 Å². The van der Waals surface area contributed by atoms with Crippen molar-refractivity contribution in [2.45, 2.75) is 19.3 Å². The monoisotopic (exact) mass is 207 g/mol. The third-order valence-corrected chi connectivity index (χ3v) is 2.20. The Morgan fingerprint density at radius 1 is 1.33 bits per heavy atom. The van der Waals surface area contributed by atoms with Gasteiger partial charge in [0.05, 0.1) is 11.5 Å². The maximum atomic E-state index is 11.8. The predicted octanol–water partition coefficient (Wildman–Crippen LogP) is 2.84. The third kappa shape index (κ3) is 2.95. The molecule has 0 atom stereocenters. The van der Waals surface area contributed by atoms with E-state index in [0.29, 0.717) is 5.75 Å². The molecule has 1 rings (SSSR count). The lowest BCUT2D eigenvalue weighted by Gasteiger charge is -2.15. The smallest absolute Gasteiger partial charge is 0.123 e. The van der Waals surface area contributed by atoms with Crippen LogP contribution in [0.5, 0.6) is 5.75 Å². The fourth-order valence-electron chi connectivity index (χ4n) is 1.19. The molecule has 0 fully saturated rings. The van der Waals surface area contributed by atoms with Crippen molar-refractivity contribution < 1.29 is 9.13 Å². The highest BCUT2D eigenvalue weighted by Crippen LogP contribution is 2.24. The van der Waals surface area contributed by atoms with Crippen LogP contribution in [0.25, 0.3) is 0 Å². The third-order valence-electron chi connectivity index (χ3n) is 2.20. The summed E-state index contributed by atoms with van der Waals surface area (Å²) in [6.07, 6.45) is 0. The van der Waals surface area contributed by atoms with Crippen LogP contribution >= 0.6 is 0 Å². The zero-order valence-electron chi connectivity index (χ0n) is 8.96. The van der Waals surface area contributed by atoms with Gasteiger partial charge in [-0.15, -0.1) is 0 Å². The number of hydrogen-bond acceptors (Lipinski definition) is 2. The van der Waals surface area contributed by atoms with Gasteiger partial charge in [0.1, 0.15) is 19.0 Å². The molecule has 0 radical (unpaired) electrons. The van der Waals surface area contributed by atoms with E-state index >= 15 is 0 Å². The van der Waals surface area contributed by atoms with E-state index in [0.717, 1.165) is 5.56 Å². The minimum absolute atomic E-state index is 0.0704. The number of ether oxygens (including phenoxy) is 1. The predicted molar refractivity (Wildman–Crippen MR) is 56.6 cm³/mol. The Labute approximate surface area is 89.3 Å². The van der Waals surface area contributed by atoms with E-state index in [1.807, 2.05) is 26.0 Å². The number of alkyl halides is 1. The highest BCUT2D eigenvalue weighted by molar-refractivity contribution is 5.35. The molecule has 0 heterocycles. The molecule has 0 aliphatic heterocycles. The Bertz CT molecular complexity index is 351. The molecule has 0 unspecified atom stereocenters. The standard InChI is InChI=1S/C12H14FNO/c1-12(2,9-14)10-3-5-11(6-4-10)15-8-7-13/h3-6H,7-8H2,1-2H3. The van der Waals surface area contributed by atoms with Crippen LogP contribution in [0.4, 0.5) is 4.39 Å². The van der Waals surface area contributed by atoms with E-state index < -0.39 is 12.1 Å². The summed E-state index contributed by atoms with van der Waals surface area (Å²) in [5.74, 6) is 0.630. The number of hydrogen-bond donors (Lipinski definition) is 0. The molecule has 1 aromatic carbocycles. The van der Waals surface area contributed by atoms with Gasteiger partial charge in [0, 0.05) is 0 Å². The van der Waals surface area contributed by atoms with Crippen LogP contribution in [-0.4, -0.2) is 13.3 Å². The van der Waals surface area contributed by atoms with Crippen LogP contribution in [0.1, 0.15) is 19.4 Å². The summed E-state index contributed by atoms with van der Waals surface area (Å²) in [5.41, 5.74) is 0.427. The largest absolute Gasteiger partial charge is 0.491 e. The van der Waals surface area contributed by atoms with Gasteiger partial charge in [0.15, 0.2) is 0 Å². The van der Waals surface area contributed by atoms with E-state index in [-0.39, 0.29) is 6.61 Å². The van der Waals surface area contributed by atoms with Crippen molar-refractivity contribution >= 4 is 0 Å². The molecule has 0 N–H and O–H groups in total. The van der Waals surface area contributed by atoms with Gasteiger partial charge in [-0.05, 0) is 31.5 Å². The van der Waals surface area contributed by atoms with E-state index in [2.05, 4.69) is 6.07 Å². The molecule has 0 saturated carbocycles. The van der Waals surface area contributed by atoms with Crippen LogP contribution < -0.4 is 4.74 Å². The lowest BCUT2D eigenvalue weighted by Crippen LogP contribution is -2.13. The summed E-state index contributed by atoms with van der Waals surface area (Å²) >= 11 is 0. The first-order valence-electron chi connectivity index (χ1n) is 4.81. The Morgan fingerprint density at radius 2 is 1.93 bits per heavy atom. The van der Waals surface area contributed by atoms with Gasteiger partial charge in [0.2, 0.25) is 0 Å². The van der Waals surface area contributed by atoms with Crippen molar-refractivity contribution in [3.05, 3.63) is 29.8 Å². The number of rotatable bonds is 4. The highest BCUT2D eigenvalue weighted by atomic mass is 19.1. The highest BCUT2D eigenvalue weighted by Gasteiger charge is 2.19. The number of nitrogens with zero attached hydrogens (tertiary/aromatic N) is 1. The second-order valence-electron chi connectivity index (χ2n) is 3.80. The molecule has 80 valence electrons. The Morgan fingerprint density at radius 3 is 2.40 bits per heavy atom. The summed E-state index contributed by atoms with van der Waals surface area (Å²) in [6.45, 7) is 3.28. The van der Waals surface area contributed by atoms with Crippen LogP contribution in [0, 0.1) is 11.3 Å². The lowest BCUT2D eigenvalue weighted by molar-refractivity contribution is 0.273. The first-order chi connectivity index (χ1) is 7.10. The molecule has 0 amide bonds. The van der Waals surface area contributed by atoms with Crippen LogP contribution in [0.3, 0.4) is 0 Å². The first-order valence-corrected chi connectivity index (χ1v) is 4.81. The van der Waals surface area contributed by atoms with E-state index in [1.54, 1.807) is 12.1 Å². The fourth-order valence-corrected chi connectivity index (χ4v) is 1.19. The second-order valence-corrected chi connectivity index (χ2v) is 3.80. The normalized spacial score (nSPS) is 10.8. The minimum Gasteiger partial charge on any atom is -0.491 e. The van der Waals surface area contributed by atoms with Gasteiger partial charge < -0.3 is 4.74 Å². The van der Waals surface area contributed by atoms with Crippen LogP contribution in [0.15, 0.2) is 24.3 Å². The molecule has 0 saturated heterocycles. The van der Waals surface area contributed by atoms with Gasteiger partial charge in [-0.25, -0.2) is 4.39 Å². The molecule has 0 aliphatic carbocycles. The molecule has 0 bridgehead atoms. The molecular weight excluding hydrogens is 193 g/mol. The van der Waals surface area contributed by atoms with Crippen LogP contribution in [0.2, 0.25) is 0 Å². The zero-order valence-corrected chi connectivity index (χ0v) is 8.96. The van der Waals surface area contributed by atoms with Crippen molar-refractivity contribution in [2.75, 3.05) is 13.3 Å². The lowest BCUT2D eigenvalue weighted by atomic mass is 9.86. The zero-order chi connectivity index (χ0) is 11.3. The van der Waals surface area contributed by atoms with E-state index in [1.165, 1.54) is 0 Å². The summed E-state index contributed by atoms with van der Waals surface area (Å²) in [5, 5.41) is 8.93. The van der Waals surface area contributed by atoms with Crippen molar-refractivity contribution in [1.29, 1.82) is 5.26 Å². The number of halogens is 1. The van der Waals surface area contributed by atoms with Crippen molar-refractivity contribution in [1.82, 2.24) is 0 Å². The van der Waals surface area contributed by atoms with E-state index in [4.69, 9.17) is 10.00 Å². The molecule has 0 aromatic heterocycles. The Hall–Kier alpha value is -1.56. The molecule has 0 spiro atoms.